The number of likely N-dealkylation sites (N-methyl/N-ethyl adjacent to an activating group) is 1. The number of nitriles is 1. The fourth-order valence-electron chi connectivity index (χ4n) is 5.35. The number of imide groups is 1. The minimum Gasteiger partial charge on any atom is -0.341 e. The zero-order chi connectivity index (χ0) is 31.0. The molecule has 2 aromatic rings. The van der Waals surface area contributed by atoms with Gasteiger partial charge in [-0.15, -0.1) is 0 Å². The first-order chi connectivity index (χ1) is 19.7. The molecule has 222 valence electrons. The minimum atomic E-state index is -4.79. The van der Waals surface area contributed by atoms with Crippen LogP contribution in [-0.4, -0.2) is 70.2 Å². The molecule has 0 bridgehead atoms. The molecule has 9 nitrogen and oxygen atoms in total. The molecule has 0 saturated carbocycles. The third kappa shape index (κ3) is 5.66. The molecule has 0 aromatic heterocycles. The molecule has 13 heteroatoms. The van der Waals surface area contributed by atoms with E-state index in [1.165, 1.54) is 16.8 Å². The average Bonchev–Trinajstić information content (AvgIpc) is 3.12. The Morgan fingerprint density at radius 3 is 2.24 bits per heavy atom. The number of nitrogens with zero attached hydrogens (tertiary/aromatic N) is 4. The smallest absolute Gasteiger partial charge is 0.341 e. The molecule has 2 aliphatic heterocycles. The molecule has 1 unspecified atom stereocenters. The molecule has 42 heavy (non-hydrogen) atoms. The number of halogens is 4. The number of nitrogens with one attached hydrogen (secondary N) is 1. The molecule has 2 aromatic carbocycles. The van der Waals surface area contributed by atoms with Crippen molar-refractivity contribution in [3.63, 3.8) is 0 Å². The number of amides is 5. The molecule has 2 heterocycles. The van der Waals surface area contributed by atoms with E-state index >= 15 is 0 Å². The predicted molar refractivity (Wildman–Crippen MR) is 141 cm³/mol. The Morgan fingerprint density at radius 1 is 1.07 bits per heavy atom. The van der Waals surface area contributed by atoms with Crippen molar-refractivity contribution in [3.8, 4) is 6.07 Å². The summed E-state index contributed by atoms with van der Waals surface area (Å²) in [6.07, 6.45) is -4.56. The number of benzene rings is 2. The van der Waals surface area contributed by atoms with Crippen molar-refractivity contribution in [3.05, 3.63) is 70.5 Å². The van der Waals surface area contributed by atoms with Crippen LogP contribution in [0.5, 0.6) is 0 Å². The fourth-order valence-corrected chi connectivity index (χ4v) is 5.35. The maximum absolute atomic E-state index is 14.3. The van der Waals surface area contributed by atoms with Gasteiger partial charge in [0.05, 0.1) is 22.8 Å². The summed E-state index contributed by atoms with van der Waals surface area (Å²) < 4.78 is 53.7. The van der Waals surface area contributed by atoms with Gasteiger partial charge in [-0.1, -0.05) is 26.0 Å². The van der Waals surface area contributed by atoms with Crippen molar-refractivity contribution in [1.29, 1.82) is 5.26 Å². The highest BCUT2D eigenvalue weighted by atomic mass is 19.4. The normalized spacial score (nSPS) is 17.5. The number of alkyl halides is 3. The van der Waals surface area contributed by atoms with Gasteiger partial charge in [0.2, 0.25) is 5.91 Å². The van der Waals surface area contributed by atoms with Gasteiger partial charge < -0.3 is 15.1 Å². The lowest BCUT2D eigenvalue weighted by molar-refractivity contribution is -0.142. The zero-order valence-corrected chi connectivity index (χ0v) is 23.2. The second-order valence-electron chi connectivity index (χ2n) is 10.8. The number of carbonyl (C=O) groups excluding carboxylic acids is 4. The maximum Gasteiger partial charge on any atom is 0.416 e. The van der Waals surface area contributed by atoms with Crippen LogP contribution in [0.25, 0.3) is 0 Å². The van der Waals surface area contributed by atoms with Crippen molar-refractivity contribution >= 4 is 23.8 Å². The van der Waals surface area contributed by atoms with Crippen LogP contribution in [-0.2, 0) is 22.3 Å². The van der Waals surface area contributed by atoms with Crippen molar-refractivity contribution in [2.24, 2.45) is 5.92 Å². The summed E-state index contributed by atoms with van der Waals surface area (Å²) in [5.41, 5.74) is -2.07. The number of piperidine rings is 1. The van der Waals surface area contributed by atoms with Gasteiger partial charge >= 0.3 is 12.2 Å². The molecule has 2 fully saturated rings. The zero-order valence-electron chi connectivity index (χ0n) is 23.2. The highest BCUT2D eigenvalue weighted by molar-refractivity contribution is 6.07. The van der Waals surface area contributed by atoms with Gasteiger partial charge in [0, 0.05) is 26.7 Å². The Labute approximate surface area is 239 Å². The summed E-state index contributed by atoms with van der Waals surface area (Å²) in [6, 6.07) is 8.45. The number of carbonyl (C=O) groups is 4. The molecule has 2 saturated heterocycles. The molecule has 1 spiro atoms. The average molecular weight is 588 g/mol. The first kappa shape index (κ1) is 30.5. The van der Waals surface area contributed by atoms with Crippen LogP contribution < -0.4 is 5.32 Å². The molecule has 2 aliphatic rings. The van der Waals surface area contributed by atoms with Crippen LogP contribution in [0, 0.1) is 23.1 Å². The first-order valence-electron chi connectivity index (χ1n) is 13.2. The van der Waals surface area contributed by atoms with Crippen LogP contribution in [0.2, 0.25) is 0 Å². The standard InChI is InChI=1S/C29H29F4N5O4/c1-17(2)23(35-24(39)21-14-20(29(31,32)33)8-9-22(21)30)25(40)37-12-10-28(11-13-37)26(41)36(3)27(42)38(28)16-19-6-4-18(15-34)5-7-19/h4-9,14,17,23H,10-13,16H2,1-3H3,(H,35,39). The molecule has 5 amide bonds. The quantitative estimate of drug-likeness (QED) is 0.407. The largest absolute Gasteiger partial charge is 0.416 e. The number of hydrogen-bond donors (Lipinski definition) is 1. The van der Waals surface area contributed by atoms with E-state index in [1.807, 2.05) is 6.07 Å². The minimum absolute atomic E-state index is 0.0621. The molecular formula is C29H29F4N5O4. The Hall–Kier alpha value is -4.47. The Morgan fingerprint density at radius 2 is 1.69 bits per heavy atom. The predicted octanol–water partition coefficient (Wildman–Crippen LogP) is 3.93. The van der Waals surface area contributed by atoms with Crippen LogP contribution >= 0.6 is 0 Å². The van der Waals surface area contributed by atoms with E-state index in [1.54, 1.807) is 38.1 Å². The summed E-state index contributed by atoms with van der Waals surface area (Å²) >= 11 is 0. The van der Waals surface area contributed by atoms with Crippen LogP contribution in [0.15, 0.2) is 42.5 Å². The van der Waals surface area contributed by atoms with Gasteiger partial charge in [0.1, 0.15) is 17.4 Å². The van der Waals surface area contributed by atoms with Crippen molar-refractivity contribution in [1.82, 2.24) is 20.0 Å². The molecule has 0 aliphatic carbocycles. The monoisotopic (exact) mass is 587 g/mol. The van der Waals surface area contributed by atoms with Crippen molar-refractivity contribution < 1.29 is 36.7 Å². The Balaban J connectivity index is 1.50. The van der Waals surface area contributed by atoms with E-state index in [0.29, 0.717) is 29.3 Å². The molecule has 0 radical (unpaired) electrons. The second kappa shape index (κ2) is 11.4. The van der Waals surface area contributed by atoms with Gasteiger partial charge in [-0.2, -0.15) is 18.4 Å². The van der Waals surface area contributed by atoms with Crippen LogP contribution in [0.4, 0.5) is 22.4 Å². The third-order valence-electron chi connectivity index (χ3n) is 7.82. The van der Waals surface area contributed by atoms with Crippen LogP contribution in [0.3, 0.4) is 0 Å². The lowest BCUT2D eigenvalue weighted by Gasteiger charge is -2.43. The van der Waals surface area contributed by atoms with E-state index in [9.17, 15) is 36.7 Å². The summed E-state index contributed by atoms with van der Waals surface area (Å²) in [5, 5.41) is 11.4. The molecule has 1 atom stereocenters. The summed E-state index contributed by atoms with van der Waals surface area (Å²) in [6.45, 7) is 3.50. The summed E-state index contributed by atoms with van der Waals surface area (Å²) in [7, 11) is 1.39. The van der Waals surface area contributed by atoms with E-state index in [4.69, 9.17) is 5.26 Å². The fraction of sp³-hybridized carbons (Fsp3) is 0.414. The number of hydrogen-bond acceptors (Lipinski definition) is 5. The number of urea groups is 1. The molecular weight excluding hydrogens is 558 g/mol. The lowest BCUT2D eigenvalue weighted by atomic mass is 9.85. The first-order valence-corrected chi connectivity index (χ1v) is 13.2. The Bertz CT molecular complexity index is 1440. The van der Waals surface area contributed by atoms with Gasteiger partial charge in [-0.05, 0) is 54.7 Å². The SMILES string of the molecule is CC(C)C(NC(=O)c1cc(C(F)(F)F)ccc1F)C(=O)N1CCC2(CC1)C(=O)N(C)C(=O)N2Cc1ccc(C#N)cc1. The highest BCUT2D eigenvalue weighted by Gasteiger charge is 2.57. The van der Waals surface area contributed by atoms with Crippen molar-refractivity contribution in [2.75, 3.05) is 20.1 Å². The molecule has 1 N–H and O–H groups in total. The van der Waals surface area contributed by atoms with E-state index in [0.717, 1.165) is 4.90 Å². The summed E-state index contributed by atoms with van der Waals surface area (Å²) in [5.74, 6) is -3.76. The topological polar surface area (TPSA) is 114 Å². The third-order valence-corrected chi connectivity index (χ3v) is 7.82. The molecule has 4 rings (SSSR count). The lowest BCUT2D eigenvalue weighted by Crippen LogP contribution is -2.60. The van der Waals surface area contributed by atoms with E-state index in [2.05, 4.69) is 5.32 Å². The second-order valence-corrected chi connectivity index (χ2v) is 10.8. The van der Waals surface area contributed by atoms with Gasteiger partial charge in [0.15, 0.2) is 0 Å². The van der Waals surface area contributed by atoms with Crippen molar-refractivity contribution in [2.45, 2.75) is 51.0 Å². The van der Waals surface area contributed by atoms with E-state index < -0.39 is 64.4 Å². The van der Waals surface area contributed by atoms with Crippen LogP contribution in [0.1, 0.15) is 53.7 Å². The summed E-state index contributed by atoms with van der Waals surface area (Å²) in [4.78, 5) is 56.6. The number of likely N-dealkylation sites (tertiary alicyclic amines) is 1. The highest BCUT2D eigenvalue weighted by Crippen LogP contribution is 2.38. The van der Waals surface area contributed by atoms with Gasteiger partial charge in [-0.3, -0.25) is 19.3 Å². The number of rotatable bonds is 6. The van der Waals surface area contributed by atoms with E-state index in [-0.39, 0.29) is 32.5 Å². The maximum atomic E-state index is 14.3. The Kier molecular flexibility index (Phi) is 8.29. The van der Waals surface area contributed by atoms with Gasteiger partial charge in [0.25, 0.3) is 11.8 Å². The van der Waals surface area contributed by atoms with Gasteiger partial charge in [-0.25, -0.2) is 9.18 Å².